The molecule has 118 valence electrons. The van der Waals surface area contributed by atoms with Crippen LogP contribution >= 0.6 is 22.6 Å². The van der Waals surface area contributed by atoms with Crippen molar-refractivity contribution in [3.8, 4) is 5.75 Å². The van der Waals surface area contributed by atoms with E-state index in [9.17, 15) is 13.6 Å². The fourth-order valence-electron chi connectivity index (χ4n) is 1.71. The monoisotopic (exact) mass is 413 g/mol. The lowest BCUT2D eigenvalue weighted by atomic mass is 10.0. The topological polar surface area (TPSA) is 61.5 Å². The van der Waals surface area contributed by atoms with Crippen molar-refractivity contribution >= 4 is 28.6 Å². The summed E-state index contributed by atoms with van der Waals surface area (Å²) in [5.74, 6) is -2.27. The molecule has 7 heteroatoms. The number of ether oxygens (including phenoxy) is 2. The van der Waals surface area contributed by atoms with Gasteiger partial charge in [0, 0.05) is 12.0 Å². The highest BCUT2D eigenvalue weighted by molar-refractivity contribution is 14.1. The minimum atomic E-state index is -1.11. The second-order valence-electron chi connectivity index (χ2n) is 5.51. The smallest absolute Gasteiger partial charge is 0.323 e. The van der Waals surface area contributed by atoms with Crippen molar-refractivity contribution < 1.29 is 23.0 Å². The number of methoxy groups -OCH3 is 1. The van der Waals surface area contributed by atoms with Crippen molar-refractivity contribution in [3.05, 3.63) is 26.8 Å². The highest BCUT2D eigenvalue weighted by atomic mass is 127. The fourth-order valence-corrected chi connectivity index (χ4v) is 2.31. The van der Waals surface area contributed by atoms with Gasteiger partial charge >= 0.3 is 5.97 Å². The molecule has 0 saturated heterocycles. The van der Waals surface area contributed by atoms with Gasteiger partial charge in [0.2, 0.25) is 0 Å². The summed E-state index contributed by atoms with van der Waals surface area (Å²) in [4.78, 5) is 11.8. The molecule has 0 unspecified atom stereocenters. The average Bonchev–Trinajstić information content (AvgIpc) is 2.33. The summed E-state index contributed by atoms with van der Waals surface area (Å²) in [6.45, 7) is 5.09. The van der Waals surface area contributed by atoms with E-state index in [1.807, 2.05) is 0 Å². The lowest BCUT2D eigenvalue weighted by Gasteiger charge is -2.22. The van der Waals surface area contributed by atoms with Gasteiger partial charge in [0.05, 0.1) is 10.7 Å². The number of carbonyl (C=O) groups excluding carboxylic acids is 1. The molecule has 2 N–H and O–H groups in total. The number of hydrogen-bond acceptors (Lipinski definition) is 4. The number of benzene rings is 1. The summed E-state index contributed by atoms with van der Waals surface area (Å²) < 4.78 is 38.0. The van der Waals surface area contributed by atoms with Crippen molar-refractivity contribution in [2.24, 2.45) is 5.73 Å². The van der Waals surface area contributed by atoms with E-state index in [0.29, 0.717) is 0 Å². The summed E-state index contributed by atoms with van der Waals surface area (Å²) in [7, 11) is 1.23. The van der Waals surface area contributed by atoms with Crippen LogP contribution in [0.1, 0.15) is 26.3 Å². The predicted molar refractivity (Wildman–Crippen MR) is 83.2 cm³/mol. The van der Waals surface area contributed by atoms with E-state index in [1.54, 1.807) is 43.4 Å². The molecular weight excluding hydrogens is 395 g/mol. The maximum absolute atomic E-state index is 14.1. The van der Waals surface area contributed by atoms with Gasteiger partial charge in [-0.25, -0.2) is 8.78 Å². The van der Waals surface area contributed by atoms with Crippen LogP contribution in [0.3, 0.4) is 0 Å². The molecular formula is C14H18F2INO3. The molecule has 0 radical (unpaired) electrons. The molecule has 21 heavy (non-hydrogen) atoms. The Labute approximate surface area is 136 Å². The van der Waals surface area contributed by atoms with Crippen molar-refractivity contribution in [3.63, 3.8) is 0 Å². The summed E-state index contributed by atoms with van der Waals surface area (Å²) in [6, 6.07) is -0.0812. The summed E-state index contributed by atoms with van der Waals surface area (Å²) >= 11 is 1.67. The Kier molecular flexibility index (Phi) is 5.92. The number of carbonyl (C=O) groups is 1. The molecule has 0 fully saturated rings. The zero-order chi connectivity index (χ0) is 16.4. The maximum atomic E-state index is 14.1. The molecule has 0 aromatic heterocycles. The summed E-state index contributed by atoms with van der Waals surface area (Å²) in [5, 5.41) is 0. The second-order valence-corrected chi connectivity index (χ2v) is 6.67. The number of esters is 1. The van der Waals surface area contributed by atoms with Crippen LogP contribution in [-0.2, 0) is 16.0 Å². The number of halogens is 3. The molecule has 4 nitrogen and oxygen atoms in total. The number of hydrogen-bond donors (Lipinski definition) is 1. The van der Waals surface area contributed by atoms with Gasteiger partial charge in [-0.1, -0.05) is 0 Å². The van der Waals surface area contributed by atoms with Crippen LogP contribution in [0.4, 0.5) is 8.78 Å². The minimum absolute atomic E-state index is 0.0692. The highest BCUT2D eigenvalue weighted by Gasteiger charge is 2.26. The van der Waals surface area contributed by atoms with Gasteiger partial charge in [-0.2, -0.15) is 0 Å². The van der Waals surface area contributed by atoms with Crippen LogP contribution < -0.4 is 10.5 Å². The average molecular weight is 413 g/mol. The van der Waals surface area contributed by atoms with E-state index < -0.39 is 29.2 Å². The minimum Gasteiger partial charge on any atom is -0.493 e. The maximum Gasteiger partial charge on any atom is 0.323 e. The Hall–Kier alpha value is -0.960. The summed E-state index contributed by atoms with van der Waals surface area (Å²) in [6.07, 6.45) is -0.211. The first-order valence-corrected chi connectivity index (χ1v) is 7.33. The van der Waals surface area contributed by atoms with Gasteiger partial charge in [0.15, 0.2) is 11.6 Å². The van der Waals surface area contributed by atoms with Crippen LogP contribution in [0, 0.1) is 15.2 Å². The van der Waals surface area contributed by atoms with Gasteiger partial charge in [-0.15, -0.1) is 0 Å². The molecule has 1 atom stereocenters. The summed E-state index contributed by atoms with van der Waals surface area (Å²) in [5.41, 5.74) is 4.96. The van der Waals surface area contributed by atoms with Crippen LogP contribution in [0.2, 0.25) is 0 Å². The predicted octanol–water partition coefficient (Wildman–Crippen LogP) is 2.79. The SMILES string of the molecule is COc1c(F)cc(I)c(F)c1C[C@H](N)C(=O)OC(C)(C)C. The van der Waals surface area contributed by atoms with Crippen LogP contribution in [-0.4, -0.2) is 24.7 Å². The molecule has 0 aliphatic rings. The Balaban J connectivity index is 3.05. The first-order valence-electron chi connectivity index (χ1n) is 6.25. The van der Waals surface area contributed by atoms with Gasteiger partial charge in [-0.3, -0.25) is 4.79 Å². The Bertz CT molecular complexity index is 544. The van der Waals surface area contributed by atoms with E-state index in [-0.39, 0.29) is 21.3 Å². The highest BCUT2D eigenvalue weighted by Crippen LogP contribution is 2.30. The molecule has 0 spiro atoms. The van der Waals surface area contributed by atoms with E-state index in [4.69, 9.17) is 15.2 Å². The van der Waals surface area contributed by atoms with Crippen LogP contribution in [0.25, 0.3) is 0 Å². The molecule has 1 aromatic rings. The largest absolute Gasteiger partial charge is 0.493 e. The van der Waals surface area contributed by atoms with Crippen molar-refractivity contribution in [2.75, 3.05) is 7.11 Å². The van der Waals surface area contributed by atoms with Gasteiger partial charge in [0.1, 0.15) is 17.5 Å². The number of rotatable bonds is 4. The van der Waals surface area contributed by atoms with Gasteiger partial charge in [-0.05, 0) is 49.4 Å². The lowest BCUT2D eigenvalue weighted by Crippen LogP contribution is -2.39. The first-order chi connectivity index (χ1) is 9.56. The van der Waals surface area contributed by atoms with Crippen LogP contribution in [0.15, 0.2) is 6.07 Å². The third-order valence-corrected chi connectivity index (χ3v) is 3.34. The second kappa shape index (κ2) is 6.87. The Morgan fingerprint density at radius 2 is 2.00 bits per heavy atom. The molecule has 0 amide bonds. The molecule has 1 aromatic carbocycles. The van der Waals surface area contributed by atoms with Gasteiger partial charge in [0.25, 0.3) is 0 Å². The first kappa shape index (κ1) is 18.1. The van der Waals surface area contributed by atoms with E-state index >= 15 is 0 Å². The Morgan fingerprint density at radius 1 is 1.43 bits per heavy atom. The molecule has 0 bridgehead atoms. The lowest BCUT2D eigenvalue weighted by molar-refractivity contribution is -0.156. The Morgan fingerprint density at radius 3 is 2.48 bits per heavy atom. The normalized spacial score (nSPS) is 13.0. The quantitative estimate of drug-likeness (QED) is 0.469. The molecule has 1 rings (SSSR count). The third-order valence-electron chi connectivity index (χ3n) is 2.56. The van der Waals surface area contributed by atoms with E-state index in [0.717, 1.165) is 6.07 Å². The van der Waals surface area contributed by atoms with Crippen molar-refractivity contribution in [1.29, 1.82) is 0 Å². The van der Waals surface area contributed by atoms with E-state index in [2.05, 4.69) is 0 Å². The van der Waals surface area contributed by atoms with Crippen LogP contribution in [0.5, 0.6) is 5.75 Å². The van der Waals surface area contributed by atoms with Crippen molar-refractivity contribution in [2.45, 2.75) is 38.8 Å². The number of nitrogens with two attached hydrogens (primary N) is 1. The molecule has 0 saturated carbocycles. The standard InChI is InChI=1S/C14H18F2INO3/c1-14(2,3)21-13(19)10(18)5-7-11(16)9(17)6-8(15)12(7)20-4/h6,10H,5,18H2,1-4H3/t10-/m0/s1. The molecule has 0 aliphatic heterocycles. The third kappa shape index (κ3) is 4.77. The zero-order valence-electron chi connectivity index (χ0n) is 12.3. The van der Waals surface area contributed by atoms with E-state index in [1.165, 1.54) is 7.11 Å². The zero-order valence-corrected chi connectivity index (χ0v) is 14.5. The van der Waals surface area contributed by atoms with Gasteiger partial charge < -0.3 is 15.2 Å². The van der Waals surface area contributed by atoms with Crippen molar-refractivity contribution in [1.82, 2.24) is 0 Å². The molecule has 0 aliphatic carbocycles. The molecule has 0 heterocycles. The fraction of sp³-hybridized carbons (Fsp3) is 0.500.